The molecule has 1 saturated heterocycles. The highest BCUT2D eigenvalue weighted by molar-refractivity contribution is 7.91. The maximum atomic E-state index is 11.9. The number of nitrogens with one attached hydrogen (secondary N) is 3. The number of amides is 3. The third-order valence-corrected chi connectivity index (χ3v) is 5.41. The standard InChI is InChI=1S/C15H21N3O6S/c1-23-12-4-3-10(7-13(12)24-2)17-14(19)8-16-15(20)18-11-5-6-25(21,22)9-11/h3-4,7,11H,5-6,8-9H2,1-2H3,(H,17,19)(H2,16,18,20)/t11-/m0/s1. The van der Waals surface area contributed by atoms with Gasteiger partial charge in [-0.25, -0.2) is 13.2 Å². The molecule has 1 aliphatic heterocycles. The van der Waals surface area contributed by atoms with E-state index < -0.39 is 27.8 Å². The maximum Gasteiger partial charge on any atom is 0.315 e. The molecule has 0 unspecified atom stereocenters. The molecule has 3 N–H and O–H groups in total. The summed E-state index contributed by atoms with van der Waals surface area (Å²) in [6.45, 7) is -0.250. The Morgan fingerprint density at radius 2 is 1.92 bits per heavy atom. The topological polar surface area (TPSA) is 123 Å². The van der Waals surface area contributed by atoms with Crippen molar-refractivity contribution in [3.05, 3.63) is 18.2 Å². The monoisotopic (exact) mass is 371 g/mol. The molecule has 1 aliphatic rings. The van der Waals surface area contributed by atoms with Crippen LogP contribution in [0.4, 0.5) is 10.5 Å². The van der Waals surface area contributed by atoms with Gasteiger partial charge in [-0.3, -0.25) is 4.79 Å². The summed E-state index contributed by atoms with van der Waals surface area (Å²) >= 11 is 0. The molecule has 1 fully saturated rings. The molecule has 0 radical (unpaired) electrons. The Morgan fingerprint density at radius 3 is 2.52 bits per heavy atom. The average molecular weight is 371 g/mol. The number of carbonyl (C=O) groups is 2. The van der Waals surface area contributed by atoms with Gasteiger partial charge in [0.05, 0.1) is 32.3 Å². The predicted octanol–water partition coefficient (Wildman–Crippen LogP) is 0.129. The number of anilines is 1. The minimum atomic E-state index is -3.07. The molecule has 0 aliphatic carbocycles. The fraction of sp³-hybridized carbons (Fsp3) is 0.467. The van der Waals surface area contributed by atoms with Gasteiger partial charge in [0, 0.05) is 17.8 Å². The minimum Gasteiger partial charge on any atom is -0.493 e. The second-order valence-corrected chi connectivity index (χ2v) is 7.77. The van der Waals surface area contributed by atoms with Crippen LogP contribution in [0.5, 0.6) is 11.5 Å². The van der Waals surface area contributed by atoms with E-state index in [2.05, 4.69) is 16.0 Å². The van der Waals surface area contributed by atoms with Gasteiger partial charge in [0.15, 0.2) is 21.3 Å². The normalized spacial score (nSPS) is 18.2. The van der Waals surface area contributed by atoms with Crippen molar-refractivity contribution in [1.29, 1.82) is 0 Å². The van der Waals surface area contributed by atoms with E-state index >= 15 is 0 Å². The Hall–Kier alpha value is -2.49. The van der Waals surface area contributed by atoms with E-state index in [1.165, 1.54) is 14.2 Å². The van der Waals surface area contributed by atoms with Gasteiger partial charge in [-0.1, -0.05) is 0 Å². The lowest BCUT2D eigenvalue weighted by atomic mass is 10.2. The number of rotatable bonds is 6. The highest BCUT2D eigenvalue weighted by atomic mass is 32.2. The van der Waals surface area contributed by atoms with E-state index in [0.717, 1.165) is 0 Å². The quantitative estimate of drug-likeness (QED) is 0.653. The fourth-order valence-electron chi connectivity index (χ4n) is 2.42. The smallest absolute Gasteiger partial charge is 0.315 e. The first-order valence-corrected chi connectivity index (χ1v) is 9.42. The first-order chi connectivity index (χ1) is 11.8. The van der Waals surface area contributed by atoms with Crippen molar-refractivity contribution < 1.29 is 27.5 Å². The number of ether oxygens (including phenoxy) is 2. The van der Waals surface area contributed by atoms with Crippen molar-refractivity contribution in [2.75, 3.05) is 37.6 Å². The van der Waals surface area contributed by atoms with Gasteiger partial charge in [0.1, 0.15) is 0 Å². The van der Waals surface area contributed by atoms with Crippen LogP contribution in [0.25, 0.3) is 0 Å². The second-order valence-electron chi connectivity index (χ2n) is 5.54. The summed E-state index contributed by atoms with van der Waals surface area (Å²) in [5.74, 6) is 0.565. The first kappa shape index (κ1) is 18.8. The molecule has 9 nitrogen and oxygen atoms in total. The van der Waals surface area contributed by atoms with Crippen molar-refractivity contribution in [3.8, 4) is 11.5 Å². The van der Waals surface area contributed by atoms with Crippen LogP contribution in [0.15, 0.2) is 18.2 Å². The van der Waals surface area contributed by atoms with E-state index in [1.807, 2.05) is 0 Å². The Bertz CT molecular complexity index is 750. The van der Waals surface area contributed by atoms with Crippen LogP contribution in [-0.2, 0) is 14.6 Å². The molecule has 1 aromatic carbocycles. The van der Waals surface area contributed by atoms with Gasteiger partial charge in [-0.2, -0.15) is 0 Å². The highest BCUT2D eigenvalue weighted by Crippen LogP contribution is 2.29. The largest absolute Gasteiger partial charge is 0.493 e. The van der Waals surface area contributed by atoms with Crippen molar-refractivity contribution in [2.24, 2.45) is 0 Å². The lowest BCUT2D eigenvalue weighted by Crippen LogP contribution is -2.45. The highest BCUT2D eigenvalue weighted by Gasteiger charge is 2.28. The SMILES string of the molecule is COc1ccc(NC(=O)CNC(=O)N[C@H]2CCS(=O)(=O)C2)cc1OC. The number of urea groups is 1. The minimum absolute atomic E-state index is 0.0672. The summed E-state index contributed by atoms with van der Waals surface area (Å²) in [4.78, 5) is 23.6. The molecule has 1 heterocycles. The molecule has 0 aromatic heterocycles. The van der Waals surface area contributed by atoms with Gasteiger partial charge in [-0.05, 0) is 18.6 Å². The van der Waals surface area contributed by atoms with Crippen LogP contribution in [0.1, 0.15) is 6.42 Å². The van der Waals surface area contributed by atoms with Crippen molar-refractivity contribution in [3.63, 3.8) is 0 Å². The van der Waals surface area contributed by atoms with Crippen LogP contribution >= 0.6 is 0 Å². The fourth-order valence-corrected chi connectivity index (χ4v) is 4.10. The number of carbonyl (C=O) groups excluding carboxylic acids is 2. The molecule has 1 atom stereocenters. The summed E-state index contributed by atoms with van der Waals surface area (Å²) in [6, 6.07) is 3.89. The Morgan fingerprint density at radius 1 is 1.20 bits per heavy atom. The molecule has 0 bridgehead atoms. The number of benzene rings is 1. The van der Waals surface area contributed by atoms with Gasteiger partial charge in [-0.15, -0.1) is 0 Å². The van der Waals surface area contributed by atoms with Crippen LogP contribution in [0.3, 0.4) is 0 Å². The lowest BCUT2D eigenvalue weighted by molar-refractivity contribution is -0.115. The zero-order valence-electron chi connectivity index (χ0n) is 14.0. The summed E-state index contributed by atoms with van der Waals surface area (Å²) in [7, 11) is -0.0765. The van der Waals surface area contributed by atoms with Gasteiger partial charge in [0.2, 0.25) is 5.91 Å². The molecule has 10 heteroatoms. The zero-order chi connectivity index (χ0) is 18.4. The van der Waals surface area contributed by atoms with E-state index in [-0.39, 0.29) is 18.1 Å². The van der Waals surface area contributed by atoms with E-state index in [4.69, 9.17) is 9.47 Å². The average Bonchev–Trinajstić information content (AvgIpc) is 2.91. The summed E-state index contributed by atoms with van der Waals surface area (Å²) in [5.41, 5.74) is 0.492. The zero-order valence-corrected chi connectivity index (χ0v) is 14.8. The molecule has 25 heavy (non-hydrogen) atoms. The summed E-state index contributed by atoms with van der Waals surface area (Å²) < 4.78 is 32.9. The lowest BCUT2D eigenvalue weighted by Gasteiger charge is -2.13. The molecular weight excluding hydrogens is 350 g/mol. The number of methoxy groups -OCH3 is 2. The summed E-state index contributed by atoms with van der Waals surface area (Å²) in [5, 5.41) is 7.55. The molecule has 0 spiro atoms. The number of sulfone groups is 1. The Balaban J connectivity index is 1.79. The molecular formula is C15H21N3O6S. The van der Waals surface area contributed by atoms with Gasteiger partial charge < -0.3 is 25.4 Å². The molecule has 1 aromatic rings. The summed E-state index contributed by atoms with van der Waals surface area (Å²) in [6.07, 6.45) is 0.383. The third-order valence-electron chi connectivity index (χ3n) is 3.64. The van der Waals surface area contributed by atoms with Crippen LogP contribution in [0.2, 0.25) is 0 Å². The Kier molecular flexibility index (Phi) is 6.07. The maximum absolute atomic E-state index is 11.9. The van der Waals surface area contributed by atoms with Crippen LogP contribution in [-0.4, -0.2) is 58.7 Å². The van der Waals surface area contributed by atoms with Crippen molar-refractivity contribution in [2.45, 2.75) is 12.5 Å². The Labute approximate surface area is 146 Å². The van der Waals surface area contributed by atoms with Crippen LogP contribution in [0, 0.1) is 0 Å². The van der Waals surface area contributed by atoms with E-state index in [0.29, 0.717) is 23.6 Å². The molecule has 3 amide bonds. The third kappa shape index (κ3) is 5.52. The van der Waals surface area contributed by atoms with Crippen molar-refractivity contribution in [1.82, 2.24) is 10.6 Å². The molecule has 0 saturated carbocycles. The van der Waals surface area contributed by atoms with Crippen LogP contribution < -0.4 is 25.4 Å². The number of hydrogen-bond donors (Lipinski definition) is 3. The molecule has 138 valence electrons. The van der Waals surface area contributed by atoms with Gasteiger partial charge >= 0.3 is 6.03 Å². The van der Waals surface area contributed by atoms with Crippen molar-refractivity contribution >= 4 is 27.5 Å². The van der Waals surface area contributed by atoms with E-state index in [1.54, 1.807) is 18.2 Å². The number of hydrogen-bond acceptors (Lipinski definition) is 6. The first-order valence-electron chi connectivity index (χ1n) is 7.59. The molecule has 2 rings (SSSR count). The van der Waals surface area contributed by atoms with Gasteiger partial charge in [0.25, 0.3) is 0 Å². The predicted molar refractivity (Wildman–Crippen MR) is 91.8 cm³/mol. The van der Waals surface area contributed by atoms with E-state index in [9.17, 15) is 18.0 Å². The second kappa shape index (κ2) is 8.06.